The number of hydrogen-bond acceptors (Lipinski definition) is 5. The van der Waals surface area contributed by atoms with Gasteiger partial charge in [-0.3, -0.25) is 4.79 Å². The highest BCUT2D eigenvalue weighted by molar-refractivity contribution is 6.01. The van der Waals surface area contributed by atoms with Gasteiger partial charge in [-0.1, -0.05) is 0 Å². The summed E-state index contributed by atoms with van der Waals surface area (Å²) in [5.74, 6) is -0.570. The van der Waals surface area contributed by atoms with Crippen molar-refractivity contribution in [1.29, 1.82) is 5.26 Å². The average molecular weight is 233 g/mol. The number of rotatable bonds is 4. The Hall–Kier alpha value is -2.42. The molecule has 0 aliphatic heterocycles. The first kappa shape index (κ1) is 12.6. The first-order valence-corrected chi connectivity index (χ1v) is 5.00. The summed E-state index contributed by atoms with van der Waals surface area (Å²) >= 11 is 0. The van der Waals surface area contributed by atoms with Crippen molar-refractivity contribution in [3.05, 3.63) is 17.7 Å². The Balaban J connectivity index is 3.34. The van der Waals surface area contributed by atoms with Gasteiger partial charge in [0.2, 0.25) is 0 Å². The van der Waals surface area contributed by atoms with E-state index in [1.54, 1.807) is 25.1 Å². The van der Waals surface area contributed by atoms with Crippen molar-refractivity contribution < 1.29 is 4.79 Å². The summed E-state index contributed by atoms with van der Waals surface area (Å²) in [5.41, 5.74) is 13.1. The Morgan fingerprint density at radius 1 is 1.59 bits per heavy atom. The van der Waals surface area contributed by atoms with Gasteiger partial charge in [-0.2, -0.15) is 5.26 Å². The van der Waals surface area contributed by atoms with Gasteiger partial charge in [0.25, 0.3) is 5.91 Å². The zero-order valence-corrected chi connectivity index (χ0v) is 9.82. The second-order valence-electron chi connectivity index (χ2n) is 3.59. The van der Waals surface area contributed by atoms with Gasteiger partial charge in [0.05, 0.1) is 28.7 Å². The van der Waals surface area contributed by atoms with Gasteiger partial charge in [-0.15, -0.1) is 0 Å². The van der Waals surface area contributed by atoms with E-state index < -0.39 is 5.91 Å². The van der Waals surface area contributed by atoms with Crippen LogP contribution < -0.4 is 21.7 Å². The second kappa shape index (κ2) is 5.07. The number of benzene rings is 1. The van der Waals surface area contributed by atoms with Gasteiger partial charge in [0.15, 0.2) is 0 Å². The van der Waals surface area contributed by atoms with Crippen LogP contribution in [0.4, 0.5) is 17.1 Å². The molecule has 0 radical (unpaired) electrons. The van der Waals surface area contributed by atoms with Crippen molar-refractivity contribution in [2.24, 2.45) is 5.73 Å². The first-order chi connectivity index (χ1) is 8.01. The minimum atomic E-state index is -0.570. The third-order valence-corrected chi connectivity index (χ3v) is 2.42. The van der Waals surface area contributed by atoms with E-state index in [0.29, 0.717) is 22.6 Å². The molecule has 0 aromatic heterocycles. The van der Waals surface area contributed by atoms with E-state index in [4.69, 9.17) is 16.7 Å². The maximum Gasteiger partial charge on any atom is 0.250 e. The molecule has 0 fully saturated rings. The number of amides is 1. The fraction of sp³-hybridized carbons (Fsp3) is 0.273. The summed E-state index contributed by atoms with van der Waals surface area (Å²) in [5, 5.41) is 11.6. The van der Waals surface area contributed by atoms with Crippen LogP contribution in [0.25, 0.3) is 0 Å². The number of primary amides is 1. The summed E-state index contributed by atoms with van der Waals surface area (Å²) in [6.45, 7) is 0.160. The topological polar surface area (TPSA) is 108 Å². The van der Waals surface area contributed by atoms with Crippen LogP contribution in [-0.4, -0.2) is 26.5 Å². The predicted molar refractivity (Wildman–Crippen MR) is 67.8 cm³/mol. The molecule has 17 heavy (non-hydrogen) atoms. The third-order valence-electron chi connectivity index (χ3n) is 2.42. The largest absolute Gasteiger partial charge is 0.397 e. The lowest BCUT2D eigenvalue weighted by Crippen LogP contribution is -2.23. The minimum absolute atomic E-state index is 0.160. The van der Waals surface area contributed by atoms with Crippen LogP contribution in [0.2, 0.25) is 0 Å². The molecule has 6 nitrogen and oxygen atoms in total. The van der Waals surface area contributed by atoms with Gasteiger partial charge in [0.1, 0.15) is 6.54 Å². The normalized spacial score (nSPS) is 9.47. The van der Waals surface area contributed by atoms with Crippen molar-refractivity contribution >= 4 is 23.0 Å². The molecule has 5 N–H and O–H groups in total. The highest BCUT2D eigenvalue weighted by atomic mass is 16.1. The lowest BCUT2D eigenvalue weighted by Gasteiger charge is -2.20. The summed E-state index contributed by atoms with van der Waals surface area (Å²) in [4.78, 5) is 13.0. The molecule has 0 bridgehead atoms. The minimum Gasteiger partial charge on any atom is -0.397 e. The third kappa shape index (κ3) is 2.58. The number of nitrogen functional groups attached to an aromatic ring is 1. The van der Waals surface area contributed by atoms with Gasteiger partial charge in [0, 0.05) is 14.1 Å². The molecule has 0 saturated carbocycles. The summed E-state index contributed by atoms with van der Waals surface area (Å²) in [6.07, 6.45) is 0. The maximum atomic E-state index is 11.3. The fourth-order valence-electron chi connectivity index (χ4n) is 1.53. The lowest BCUT2D eigenvalue weighted by atomic mass is 10.1. The summed E-state index contributed by atoms with van der Waals surface area (Å²) in [7, 11) is 3.43. The SMILES string of the molecule is CNc1cc(N(C)CC#N)c(C(N)=O)cc1N. The van der Waals surface area contributed by atoms with Crippen LogP contribution in [0.15, 0.2) is 12.1 Å². The van der Waals surface area contributed by atoms with E-state index in [0.717, 1.165) is 0 Å². The number of hydrogen-bond donors (Lipinski definition) is 3. The molecule has 1 aromatic carbocycles. The van der Waals surface area contributed by atoms with Crippen molar-refractivity contribution in [2.45, 2.75) is 0 Å². The molecule has 0 aliphatic rings. The van der Waals surface area contributed by atoms with Gasteiger partial charge < -0.3 is 21.7 Å². The van der Waals surface area contributed by atoms with Crippen LogP contribution in [0.3, 0.4) is 0 Å². The van der Waals surface area contributed by atoms with Crippen LogP contribution in [0.5, 0.6) is 0 Å². The van der Waals surface area contributed by atoms with Crippen LogP contribution in [-0.2, 0) is 0 Å². The van der Waals surface area contributed by atoms with Crippen molar-refractivity contribution in [3.8, 4) is 6.07 Å². The highest BCUT2D eigenvalue weighted by Crippen LogP contribution is 2.29. The van der Waals surface area contributed by atoms with E-state index in [1.165, 1.54) is 6.07 Å². The molecular weight excluding hydrogens is 218 g/mol. The molecular formula is C11H15N5O. The number of nitriles is 1. The quantitative estimate of drug-likeness (QED) is 0.514. The van der Waals surface area contributed by atoms with Crippen LogP contribution >= 0.6 is 0 Å². The number of carbonyl (C=O) groups is 1. The second-order valence-corrected chi connectivity index (χ2v) is 3.59. The molecule has 0 atom stereocenters. The zero-order chi connectivity index (χ0) is 13.0. The highest BCUT2D eigenvalue weighted by Gasteiger charge is 2.14. The number of anilines is 3. The van der Waals surface area contributed by atoms with Gasteiger partial charge in [-0.25, -0.2) is 0 Å². The fourth-order valence-corrected chi connectivity index (χ4v) is 1.53. The molecule has 0 heterocycles. The van der Waals surface area contributed by atoms with E-state index in [2.05, 4.69) is 5.32 Å². The maximum absolute atomic E-state index is 11.3. The number of nitrogens with zero attached hydrogens (tertiary/aromatic N) is 2. The van der Waals surface area contributed by atoms with Crippen molar-refractivity contribution in [1.82, 2.24) is 0 Å². The summed E-state index contributed by atoms with van der Waals surface area (Å²) in [6, 6.07) is 5.22. The van der Waals surface area contributed by atoms with E-state index in [9.17, 15) is 4.79 Å². The Morgan fingerprint density at radius 2 is 2.24 bits per heavy atom. The molecule has 0 aliphatic carbocycles. The lowest BCUT2D eigenvalue weighted by molar-refractivity contribution is 0.100. The molecule has 0 unspecified atom stereocenters. The predicted octanol–water partition coefficient (Wildman–Crippen LogP) is 0.369. The van der Waals surface area contributed by atoms with E-state index >= 15 is 0 Å². The van der Waals surface area contributed by atoms with Crippen molar-refractivity contribution in [3.63, 3.8) is 0 Å². The molecule has 1 rings (SSSR count). The zero-order valence-electron chi connectivity index (χ0n) is 9.82. The molecule has 0 spiro atoms. The van der Waals surface area contributed by atoms with Gasteiger partial charge in [-0.05, 0) is 12.1 Å². The van der Waals surface area contributed by atoms with Gasteiger partial charge >= 0.3 is 0 Å². The standard InChI is InChI=1S/C11H15N5O/c1-15-9-6-10(16(2)4-3-12)7(11(14)17)5-8(9)13/h5-6,15H,4,13H2,1-2H3,(H2,14,17). The summed E-state index contributed by atoms with van der Waals surface area (Å²) < 4.78 is 0. The Morgan fingerprint density at radius 3 is 2.71 bits per heavy atom. The molecule has 0 saturated heterocycles. The molecule has 1 aromatic rings. The average Bonchev–Trinajstić information content (AvgIpc) is 2.28. The monoisotopic (exact) mass is 233 g/mol. The molecule has 1 amide bonds. The first-order valence-electron chi connectivity index (χ1n) is 5.00. The van der Waals surface area contributed by atoms with Crippen LogP contribution in [0.1, 0.15) is 10.4 Å². The van der Waals surface area contributed by atoms with E-state index in [1.807, 2.05) is 6.07 Å². The molecule has 6 heteroatoms. The number of carbonyl (C=O) groups excluding carboxylic acids is 1. The smallest absolute Gasteiger partial charge is 0.250 e. The number of nitrogens with one attached hydrogen (secondary N) is 1. The van der Waals surface area contributed by atoms with E-state index in [-0.39, 0.29) is 6.54 Å². The number of nitrogens with two attached hydrogens (primary N) is 2. The van der Waals surface area contributed by atoms with Crippen LogP contribution in [0, 0.1) is 11.3 Å². The van der Waals surface area contributed by atoms with Crippen molar-refractivity contribution in [2.75, 3.05) is 36.6 Å². The molecule has 90 valence electrons. The Kier molecular flexibility index (Phi) is 3.78. The Bertz CT molecular complexity index is 477. The Labute approximate surface area is 99.8 Å².